The number of halogens is 1. The second-order valence-electron chi connectivity index (χ2n) is 17.5. The summed E-state index contributed by atoms with van der Waals surface area (Å²) in [6.45, 7) is 13.0. The average molecular weight is 1040 g/mol. The number of piperidine rings is 1. The molecule has 0 aliphatic carbocycles. The number of pyridine rings is 5. The highest BCUT2D eigenvalue weighted by Gasteiger charge is 2.52. The predicted octanol–water partition coefficient (Wildman–Crippen LogP) is 9.77. The zero-order valence-corrected chi connectivity index (χ0v) is 43.6. The van der Waals surface area contributed by atoms with Crippen molar-refractivity contribution in [2.24, 2.45) is 0 Å². The summed E-state index contributed by atoms with van der Waals surface area (Å²) in [6.07, 6.45) is 0.861. The number of rotatable bonds is 12. The van der Waals surface area contributed by atoms with Crippen LogP contribution in [0.2, 0.25) is 0 Å². The summed E-state index contributed by atoms with van der Waals surface area (Å²) in [4.78, 5) is 44.3. The first-order valence-electron chi connectivity index (χ1n) is 23.2. The van der Waals surface area contributed by atoms with Gasteiger partial charge in [-0.15, -0.1) is 0 Å². The Kier molecular flexibility index (Phi) is 19.4. The molecule has 7 heterocycles. The van der Waals surface area contributed by atoms with Crippen LogP contribution in [0.25, 0.3) is 11.3 Å². The average Bonchev–Trinajstić information content (AvgIpc) is 3.61. The maximum Gasteiger partial charge on any atom is 0.500 e. The number of carbonyl (C=O) groups excluding carboxylic acids is 2. The lowest BCUT2D eigenvalue weighted by atomic mass is 9.79. The van der Waals surface area contributed by atoms with E-state index in [1.807, 2.05) is 157 Å². The molecule has 1 unspecified atom stereocenters. The normalized spacial score (nSPS) is 15.2. The number of hydrogen-bond acceptors (Lipinski definition) is 14. The standard InChI is InChI=1S/C19H24BNO3.C19H18N2O2.C11H12N2O3.C6H6BrNO/c1-14-11-12-16(20-23-18(2,3)19(4,5)24-20)17(21-14)22-13-15-9-7-6-8-10-15;1-14-11-12-16(17-9-6-10-18(21-17)22-2)19(20-14)23-13-15-7-4-3-5-8-15;1-16-10-4-2-3-8(12-10)7-5-6-9(14)13-11(7)15;1-9-6-4-2-3-5(7)8-6/h6-12H,13H2,1-5H3;3-12H,13H2,1-2H3;2-4,7H,5-6H2,1H3,(H,13,14,15);2-4H,1H3. The Morgan fingerprint density at radius 1 is 0.597 bits per heavy atom. The van der Waals surface area contributed by atoms with Crippen molar-refractivity contribution in [3.63, 3.8) is 0 Å². The van der Waals surface area contributed by atoms with Crippen LogP contribution in [0.1, 0.15) is 74.7 Å². The number of aryl methyl sites for hydroxylation is 2. The van der Waals surface area contributed by atoms with Gasteiger partial charge in [0.05, 0.1) is 55.4 Å². The third-order valence-electron chi connectivity index (χ3n) is 11.6. The Morgan fingerprint density at radius 2 is 1.11 bits per heavy atom. The van der Waals surface area contributed by atoms with Crippen molar-refractivity contribution in [2.75, 3.05) is 21.3 Å². The van der Waals surface area contributed by atoms with Gasteiger partial charge in [0.2, 0.25) is 41.2 Å². The fraction of sp³-hybridized carbons (Fsp3) is 0.291. The van der Waals surface area contributed by atoms with Gasteiger partial charge in [0.25, 0.3) is 0 Å². The molecule has 0 spiro atoms. The minimum absolute atomic E-state index is 0.218. The highest BCUT2D eigenvalue weighted by Crippen LogP contribution is 2.37. The number of nitrogens with zero attached hydrogens (tertiary/aromatic N) is 5. The molecular formula is C55H60BBrN6O9. The summed E-state index contributed by atoms with van der Waals surface area (Å²) in [7, 11) is 4.24. The van der Waals surface area contributed by atoms with Crippen molar-refractivity contribution >= 4 is 40.3 Å². The van der Waals surface area contributed by atoms with Crippen LogP contribution in [0, 0.1) is 13.8 Å². The van der Waals surface area contributed by atoms with Gasteiger partial charge in [-0.25, -0.2) is 24.9 Å². The van der Waals surface area contributed by atoms with Gasteiger partial charge >= 0.3 is 7.12 Å². The molecule has 0 radical (unpaired) electrons. The smallest absolute Gasteiger partial charge is 0.481 e. The highest BCUT2D eigenvalue weighted by atomic mass is 79.9. The van der Waals surface area contributed by atoms with Gasteiger partial charge < -0.3 is 33.0 Å². The number of amides is 2. The van der Waals surface area contributed by atoms with Crippen molar-refractivity contribution in [3.05, 3.63) is 172 Å². The van der Waals surface area contributed by atoms with Crippen molar-refractivity contribution in [1.82, 2.24) is 30.2 Å². The molecule has 2 aromatic carbocycles. The van der Waals surface area contributed by atoms with E-state index < -0.39 is 7.12 Å². The molecule has 7 aromatic rings. The van der Waals surface area contributed by atoms with Crippen LogP contribution in [0.5, 0.6) is 29.4 Å². The Labute approximate surface area is 430 Å². The minimum atomic E-state index is -0.478. The molecule has 374 valence electrons. The number of hydrogen-bond donors (Lipinski definition) is 1. The first kappa shape index (κ1) is 54.1. The molecule has 1 atom stereocenters. The number of ether oxygens (including phenoxy) is 5. The second-order valence-corrected chi connectivity index (χ2v) is 18.3. The Bertz CT molecular complexity index is 2860. The minimum Gasteiger partial charge on any atom is -0.481 e. The highest BCUT2D eigenvalue weighted by molar-refractivity contribution is 9.10. The van der Waals surface area contributed by atoms with Crippen LogP contribution in [0.15, 0.2) is 144 Å². The van der Waals surface area contributed by atoms with Crippen LogP contribution >= 0.6 is 15.9 Å². The summed E-state index contributed by atoms with van der Waals surface area (Å²) in [6, 6.07) is 44.4. The topological polar surface area (TPSA) is 175 Å². The number of benzene rings is 2. The summed E-state index contributed by atoms with van der Waals surface area (Å²) >= 11 is 3.21. The molecular weight excluding hydrogens is 979 g/mol. The summed E-state index contributed by atoms with van der Waals surface area (Å²) in [5, 5.41) is 2.31. The Balaban J connectivity index is 0.000000165. The molecule has 5 aromatic heterocycles. The molecule has 2 aliphatic rings. The maximum absolute atomic E-state index is 11.6. The first-order valence-corrected chi connectivity index (χ1v) is 24.0. The van der Waals surface area contributed by atoms with Gasteiger partial charge in [-0.3, -0.25) is 14.9 Å². The van der Waals surface area contributed by atoms with Crippen molar-refractivity contribution in [2.45, 2.75) is 84.7 Å². The first-order chi connectivity index (χ1) is 34.6. The lowest BCUT2D eigenvalue weighted by Gasteiger charge is -2.32. The van der Waals surface area contributed by atoms with E-state index in [0.29, 0.717) is 61.1 Å². The third kappa shape index (κ3) is 15.4. The quantitative estimate of drug-likeness (QED) is 0.0695. The Morgan fingerprint density at radius 3 is 1.67 bits per heavy atom. The van der Waals surface area contributed by atoms with Crippen molar-refractivity contribution in [1.29, 1.82) is 0 Å². The van der Waals surface area contributed by atoms with Crippen LogP contribution in [-0.4, -0.2) is 76.4 Å². The maximum atomic E-state index is 11.6. The van der Waals surface area contributed by atoms with Gasteiger partial charge in [0.1, 0.15) is 17.8 Å². The van der Waals surface area contributed by atoms with E-state index in [0.717, 1.165) is 43.8 Å². The number of nitrogens with one attached hydrogen (secondary N) is 1. The van der Waals surface area contributed by atoms with Gasteiger partial charge in [-0.1, -0.05) is 84.9 Å². The zero-order chi connectivity index (χ0) is 51.7. The van der Waals surface area contributed by atoms with Crippen LogP contribution in [0.4, 0.5) is 0 Å². The molecule has 15 nitrogen and oxygen atoms in total. The molecule has 0 bridgehead atoms. The van der Waals surface area contributed by atoms with E-state index in [1.165, 1.54) is 7.11 Å². The Hall–Kier alpha value is -7.21. The second kappa shape index (κ2) is 25.8. The van der Waals surface area contributed by atoms with E-state index in [9.17, 15) is 9.59 Å². The summed E-state index contributed by atoms with van der Waals surface area (Å²) in [5.74, 6) is 1.96. The van der Waals surface area contributed by atoms with E-state index in [-0.39, 0.29) is 28.9 Å². The molecule has 0 saturated carbocycles. The number of imide groups is 1. The SMILES string of the molecule is COc1cccc(-c2ccc(C)nc2OCc2ccccc2)n1.COc1cccc(Br)n1.COc1cccc(C2CCC(=O)NC2=O)n1.Cc1ccc(B2OC(C)(C)C(C)(C)O2)c(OCc2ccccc2)n1. The number of carbonyl (C=O) groups is 2. The van der Waals surface area contributed by atoms with Gasteiger partial charge in [-0.05, 0) is 111 Å². The van der Waals surface area contributed by atoms with Gasteiger partial charge in [-0.2, -0.15) is 0 Å². The monoisotopic (exact) mass is 1040 g/mol. The van der Waals surface area contributed by atoms with Gasteiger partial charge in [0, 0.05) is 41.5 Å². The molecule has 2 fully saturated rings. The van der Waals surface area contributed by atoms with Crippen molar-refractivity contribution < 1.29 is 42.6 Å². The summed E-state index contributed by atoms with van der Waals surface area (Å²) < 4.78 is 40.0. The molecule has 17 heteroatoms. The lowest BCUT2D eigenvalue weighted by Crippen LogP contribution is -2.41. The number of methoxy groups -OCH3 is 3. The van der Waals surface area contributed by atoms with E-state index in [4.69, 9.17) is 33.0 Å². The molecule has 2 saturated heterocycles. The fourth-order valence-electron chi connectivity index (χ4n) is 6.99. The van der Waals surface area contributed by atoms with E-state index in [2.05, 4.69) is 46.2 Å². The molecule has 9 rings (SSSR count). The fourth-order valence-corrected chi connectivity index (χ4v) is 7.32. The zero-order valence-electron chi connectivity index (χ0n) is 42.1. The molecule has 72 heavy (non-hydrogen) atoms. The van der Waals surface area contributed by atoms with Gasteiger partial charge in [0.15, 0.2) is 0 Å². The van der Waals surface area contributed by atoms with Crippen LogP contribution in [0.3, 0.4) is 0 Å². The van der Waals surface area contributed by atoms with E-state index >= 15 is 0 Å². The van der Waals surface area contributed by atoms with E-state index in [1.54, 1.807) is 38.5 Å². The predicted molar refractivity (Wildman–Crippen MR) is 279 cm³/mol. The third-order valence-corrected chi connectivity index (χ3v) is 12.1. The molecule has 1 N–H and O–H groups in total. The lowest BCUT2D eigenvalue weighted by molar-refractivity contribution is -0.134. The number of aromatic nitrogens is 5. The molecule has 2 amide bonds. The van der Waals surface area contributed by atoms with Crippen LogP contribution in [-0.2, 0) is 32.1 Å². The van der Waals surface area contributed by atoms with Crippen LogP contribution < -0.4 is 34.5 Å². The molecule has 2 aliphatic heterocycles. The summed E-state index contributed by atoms with van der Waals surface area (Å²) in [5.41, 5.74) is 6.32. The van der Waals surface area contributed by atoms with Crippen molar-refractivity contribution in [3.8, 4) is 40.7 Å². The largest absolute Gasteiger partial charge is 0.500 e.